The van der Waals surface area contributed by atoms with Crippen molar-refractivity contribution in [3.63, 3.8) is 0 Å². The number of benzene rings is 1. The molecule has 1 rings (SSSR count). The first-order valence-electron chi connectivity index (χ1n) is 4.03. The highest BCUT2D eigenvalue weighted by Crippen LogP contribution is 2.23. The molecule has 0 spiro atoms. The van der Waals surface area contributed by atoms with Gasteiger partial charge in [-0.15, -0.1) is 0 Å². The molecule has 0 radical (unpaired) electrons. The van der Waals surface area contributed by atoms with Gasteiger partial charge in [-0.05, 0) is 24.6 Å². The Morgan fingerprint density at radius 2 is 2.00 bits per heavy atom. The molecule has 0 bridgehead atoms. The molecule has 0 amide bonds. The molecule has 0 aliphatic heterocycles. The molecular formula is C9H8Cl2O3S. The van der Waals surface area contributed by atoms with Crippen LogP contribution >= 0.6 is 22.3 Å². The van der Waals surface area contributed by atoms with Crippen molar-refractivity contribution < 1.29 is 13.2 Å². The molecule has 0 aliphatic carbocycles. The smallest absolute Gasteiger partial charge is 0.261 e. The molecule has 82 valence electrons. The van der Waals surface area contributed by atoms with Crippen molar-refractivity contribution in [3.8, 4) is 0 Å². The number of carbonyl (C=O) groups excluding carboxylic acids is 1. The van der Waals surface area contributed by atoms with E-state index in [4.69, 9.17) is 22.3 Å². The first kappa shape index (κ1) is 12.5. The molecule has 0 heterocycles. The Morgan fingerprint density at radius 1 is 1.40 bits per heavy atom. The zero-order chi connectivity index (χ0) is 11.6. The molecule has 0 fully saturated rings. The zero-order valence-corrected chi connectivity index (χ0v) is 10.2. The van der Waals surface area contributed by atoms with E-state index in [1.165, 1.54) is 25.1 Å². The fraction of sp³-hybridized carbons (Fsp3) is 0.222. The van der Waals surface area contributed by atoms with Gasteiger partial charge in [-0.3, -0.25) is 4.79 Å². The minimum Gasteiger partial charge on any atom is -0.300 e. The van der Waals surface area contributed by atoms with Gasteiger partial charge in [0.25, 0.3) is 9.05 Å². The highest BCUT2D eigenvalue weighted by atomic mass is 35.7. The van der Waals surface area contributed by atoms with E-state index in [9.17, 15) is 13.2 Å². The standard InChI is InChI=1S/C9H8Cl2O3S/c1-6(12)4-7-2-3-8(5-9(7)10)15(11,13)14/h2-3,5H,4H2,1H3. The lowest BCUT2D eigenvalue weighted by Crippen LogP contribution is -1.98. The summed E-state index contributed by atoms with van der Waals surface area (Å²) in [5.74, 6) is -0.0432. The van der Waals surface area contributed by atoms with Crippen LogP contribution in [-0.4, -0.2) is 14.2 Å². The minimum atomic E-state index is -3.77. The van der Waals surface area contributed by atoms with Gasteiger partial charge in [0.05, 0.1) is 4.90 Å². The number of carbonyl (C=O) groups is 1. The molecule has 0 N–H and O–H groups in total. The van der Waals surface area contributed by atoms with Crippen LogP contribution < -0.4 is 0 Å². The molecule has 3 nitrogen and oxygen atoms in total. The molecule has 0 saturated carbocycles. The summed E-state index contributed by atoms with van der Waals surface area (Å²) in [7, 11) is 1.37. The van der Waals surface area contributed by atoms with Crippen molar-refractivity contribution in [2.24, 2.45) is 0 Å². The molecule has 6 heteroatoms. The summed E-state index contributed by atoms with van der Waals surface area (Å²) < 4.78 is 21.9. The van der Waals surface area contributed by atoms with Gasteiger partial charge >= 0.3 is 0 Å². The maximum absolute atomic E-state index is 11.0. The van der Waals surface area contributed by atoms with Crippen LogP contribution in [0.2, 0.25) is 5.02 Å². The van der Waals surface area contributed by atoms with Gasteiger partial charge in [-0.25, -0.2) is 8.42 Å². The summed E-state index contributed by atoms with van der Waals surface area (Å²) >= 11 is 5.80. The topological polar surface area (TPSA) is 51.2 Å². The first-order valence-corrected chi connectivity index (χ1v) is 6.72. The van der Waals surface area contributed by atoms with E-state index in [1.54, 1.807) is 0 Å². The number of rotatable bonds is 3. The fourth-order valence-corrected chi connectivity index (χ4v) is 2.18. The normalized spacial score (nSPS) is 11.4. The van der Waals surface area contributed by atoms with Crippen LogP contribution in [0.5, 0.6) is 0 Å². The number of hydrogen-bond acceptors (Lipinski definition) is 3. The lowest BCUT2D eigenvalue weighted by Gasteiger charge is -2.03. The maximum atomic E-state index is 11.0. The average molecular weight is 267 g/mol. The van der Waals surface area contributed by atoms with Gasteiger partial charge < -0.3 is 0 Å². The van der Waals surface area contributed by atoms with Crippen molar-refractivity contribution in [2.75, 3.05) is 0 Å². The highest BCUT2D eigenvalue weighted by Gasteiger charge is 2.12. The van der Waals surface area contributed by atoms with Gasteiger partial charge in [0.2, 0.25) is 0 Å². The Morgan fingerprint density at radius 3 is 2.40 bits per heavy atom. The molecule has 1 aromatic rings. The number of hydrogen-bond donors (Lipinski definition) is 0. The van der Waals surface area contributed by atoms with Crippen molar-refractivity contribution in [1.29, 1.82) is 0 Å². The van der Waals surface area contributed by atoms with Crippen LogP contribution in [0.4, 0.5) is 0 Å². The van der Waals surface area contributed by atoms with E-state index in [-0.39, 0.29) is 22.1 Å². The summed E-state index contributed by atoms with van der Waals surface area (Å²) in [5.41, 5.74) is 0.591. The second kappa shape index (κ2) is 4.51. The van der Waals surface area contributed by atoms with Gasteiger partial charge in [0, 0.05) is 22.1 Å². The zero-order valence-electron chi connectivity index (χ0n) is 7.83. The largest absolute Gasteiger partial charge is 0.300 e. The predicted molar refractivity (Wildman–Crippen MR) is 58.9 cm³/mol. The Kier molecular flexibility index (Phi) is 3.76. The fourth-order valence-electron chi connectivity index (χ4n) is 1.09. The summed E-state index contributed by atoms with van der Waals surface area (Å²) in [6, 6.07) is 4.05. The SMILES string of the molecule is CC(=O)Cc1ccc(S(=O)(=O)Cl)cc1Cl. The summed E-state index contributed by atoms with van der Waals surface area (Å²) in [4.78, 5) is 10.8. The molecule has 0 aliphatic rings. The Balaban J connectivity index is 3.15. The average Bonchev–Trinajstić information content (AvgIpc) is 2.05. The molecule has 0 saturated heterocycles. The number of halogens is 2. The Labute approximate surface area is 97.4 Å². The maximum Gasteiger partial charge on any atom is 0.261 e. The number of Topliss-reactive ketones (excluding diaryl/α,β-unsaturated/α-hetero) is 1. The van der Waals surface area contributed by atoms with Crippen LogP contribution in [0.15, 0.2) is 23.1 Å². The summed E-state index contributed by atoms with van der Waals surface area (Å²) in [6.45, 7) is 1.43. The third-order valence-electron chi connectivity index (χ3n) is 1.75. The predicted octanol–water partition coefficient (Wildman–Crippen LogP) is 2.40. The summed E-state index contributed by atoms with van der Waals surface area (Å²) in [5, 5.41) is 0.229. The Hall–Kier alpha value is -0.580. The van der Waals surface area contributed by atoms with E-state index in [0.717, 1.165) is 0 Å². The van der Waals surface area contributed by atoms with Crippen LogP contribution in [0.3, 0.4) is 0 Å². The quantitative estimate of drug-likeness (QED) is 0.790. The second-order valence-corrected chi connectivity index (χ2v) is 6.04. The van der Waals surface area contributed by atoms with Crippen LogP contribution in [-0.2, 0) is 20.3 Å². The van der Waals surface area contributed by atoms with Gasteiger partial charge in [0.15, 0.2) is 0 Å². The molecule has 0 atom stereocenters. The van der Waals surface area contributed by atoms with Crippen molar-refractivity contribution in [1.82, 2.24) is 0 Å². The highest BCUT2D eigenvalue weighted by molar-refractivity contribution is 8.13. The molecule has 15 heavy (non-hydrogen) atoms. The van der Waals surface area contributed by atoms with Crippen LogP contribution in [0, 0.1) is 0 Å². The third kappa shape index (κ3) is 3.48. The van der Waals surface area contributed by atoms with E-state index < -0.39 is 9.05 Å². The lowest BCUT2D eigenvalue weighted by molar-refractivity contribution is -0.116. The van der Waals surface area contributed by atoms with Crippen molar-refractivity contribution >= 4 is 37.1 Å². The third-order valence-corrected chi connectivity index (χ3v) is 3.45. The van der Waals surface area contributed by atoms with Gasteiger partial charge in [0.1, 0.15) is 5.78 Å². The van der Waals surface area contributed by atoms with Crippen LogP contribution in [0.25, 0.3) is 0 Å². The van der Waals surface area contributed by atoms with E-state index in [1.807, 2.05) is 0 Å². The van der Waals surface area contributed by atoms with E-state index in [2.05, 4.69) is 0 Å². The molecule has 0 unspecified atom stereocenters. The van der Waals surface area contributed by atoms with E-state index in [0.29, 0.717) is 5.56 Å². The number of ketones is 1. The molecule has 1 aromatic carbocycles. The van der Waals surface area contributed by atoms with Gasteiger partial charge in [-0.2, -0.15) is 0 Å². The van der Waals surface area contributed by atoms with E-state index >= 15 is 0 Å². The van der Waals surface area contributed by atoms with Crippen molar-refractivity contribution in [3.05, 3.63) is 28.8 Å². The van der Waals surface area contributed by atoms with Crippen LogP contribution in [0.1, 0.15) is 12.5 Å². The Bertz CT molecular complexity index is 494. The summed E-state index contributed by atoms with van der Waals surface area (Å²) in [6.07, 6.45) is 0.182. The molecular weight excluding hydrogens is 259 g/mol. The first-order chi connectivity index (χ1) is 6.80. The van der Waals surface area contributed by atoms with Gasteiger partial charge in [-0.1, -0.05) is 17.7 Å². The monoisotopic (exact) mass is 266 g/mol. The second-order valence-electron chi connectivity index (χ2n) is 3.07. The molecule has 0 aromatic heterocycles. The minimum absolute atomic E-state index is 0.0432. The van der Waals surface area contributed by atoms with Crippen molar-refractivity contribution in [2.45, 2.75) is 18.2 Å². The lowest BCUT2D eigenvalue weighted by atomic mass is 10.1.